The van der Waals surface area contributed by atoms with Gasteiger partial charge in [0.05, 0.1) is 11.6 Å². The lowest BCUT2D eigenvalue weighted by Crippen LogP contribution is -2.30. The van der Waals surface area contributed by atoms with Crippen molar-refractivity contribution in [1.82, 2.24) is 0 Å². The van der Waals surface area contributed by atoms with E-state index in [0.717, 1.165) is 6.42 Å². The Bertz CT molecular complexity index is 393. The third-order valence-electron chi connectivity index (χ3n) is 2.75. The van der Waals surface area contributed by atoms with Gasteiger partial charge in [0, 0.05) is 17.6 Å². The van der Waals surface area contributed by atoms with Crippen LogP contribution in [-0.4, -0.2) is 11.6 Å². The summed E-state index contributed by atoms with van der Waals surface area (Å²) >= 11 is 4.96. The molecule has 0 bridgehead atoms. The third kappa shape index (κ3) is 4.40. The Kier molecular flexibility index (Phi) is 5.02. The molecule has 2 N–H and O–H groups in total. The van der Waals surface area contributed by atoms with Crippen molar-refractivity contribution in [1.29, 1.82) is 0 Å². The Morgan fingerprint density at radius 1 is 1.41 bits per heavy atom. The topological polar surface area (TPSA) is 35.2 Å². The Morgan fingerprint density at radius 3 is 2.65 bits per heavy atom. The molecule has 1 rings (SSSR count). The lowest BCUT2D eigenvalue weighted by Gasteiger charge is -2.22. The van der Waals surface area contributed by atoms with E-state index in [-0.39, 0.29) is 17.8 Å². The van der Waals surface area contributed by atoms with Crippen molar-refractivity contribution >= 4 is 17.2 Å². The van der Waals surface area contributed by atoms with E-state index in [0.29, 0.717) is 17.2 Å². The Morgan fingerprint density at radius 2 is 2.06 bits per heavy atom. The second kappa shape index (κ2) is 6.07. The van der Waals surface area contributed by atoms with Crippen molar-refractivity contribution in [2.75, 3.05) is 6.61 Å². The van der Waals surface area contributed by atoms with Gasteiger partial charge in [0.15, 0.2) is 0 Å². The zero-order valence-electron chi connectivity index (χ0n) is 10.2. The molecule has 0 atom stereocenters. The van der Waals surface area contributed by atoms with Crippen LogP contribution in [0.1, 0.15) is 25.8 Å². The van der Waals surface area contributed by atoms with E-state index in [1.54, 1.807) is 18.2 Å². The number of rotatable bonds is 6. The Labute approximate surface area is 107 Å². The third-order valence-corrected chi connectivity index (χ3v) is 3.31. The van der Waals surface area contributed by atoms with Gasteiger partial charge in [-0.2, -0.15) is 0 Å². The molecule has 1 aromatic carbocycles. The van der Waals surface area contributed by atoms with E-state index in [9.17, 15) is 4.39 Å². The second-order valence-corrected chi connectivity index (χ2v) is 5.08. The summed E-state index contributed by atoms with van der Waals surface area (Å²) in [4.78, 5) is 0.479. The molecule has 0 aliphatic rings. The van der Waals surface area contributed by atoms with E-state index in [4.69, 9.17) is 22.7 Å². The van der Waals surface area contributed by atoms with E-state index in [2.05, 4.69) is 0 Å². The van der Waals surface area contributed by atoms with Gasteiger partial charge in [0.2, 0.25) is 0 Å². The number of benzene rings is 1. The van der Waals surface area contributed by atoms with Crippen LogP contribution in [0.3, 0.4) is 0 Å². The van der Waals surface area contributed by atoms with Crippen molar-refractivity contribution < 1.29 is 9.13 Å². The average Bonchev–Trinajstić information content (AvgIpc) is 2.26. The highest BCUT2D eigenvalue weighted by Crippen LogP contribution is 2.20. The molecule has 0 aromatic heterocycles. The van der Waals surface area contributed by atoms with Gasteiger partial charge in [-0.15, -0.1) is 0 Å². The Hall–Kier alpha value is -1.00. The molecule has 0 heterocycles. The zero-order valence-corrected chi connectivity index (χ0v) is 11.0. The van der Waals surface area contributed by atoms with Crippen molar-refractivity contribution in [3.05, 3.63) is 35.6 Å². The summed E-state index contributed by atoms with van der Waals surface area (Å²) in [5, 5.41) is 0. The minimum atomic E-state index is -0.235. The van der Waals surface area contributed by atoms with Crippen LogP contribution >= 0.6 is 12.2 Å². The smallest absolute Gasteiger partial charge is 0.128 e. The molecule has 2 nitrogen and oxygen atoms in total. The highest BCUT2D eigenvalue weighted by molar-refractivity contribution is 7.80. The van der Waals surface area contributed by atoms with Gasteiger partial charge >= 0.3 is 0 Å². The second-order valence-electron chi connectivity index (χ2n) is 4.64. The molecule has 1 aromatic rings. The first-order valence-corrected chi connectivity index (χ1v) is 5.95. The maximum absolute atomic E-state index is 13.3. The van der Waals surface area contributed by atoms with E-state index >= 15 is 0 Å². The molecule has 4 heteroatoms. The van der Waals surface area contributed by atoms with Crippen LogP contribution in [0.5, 0.6) is 0 Å². The van der Waals surface area contributed by atoms with Crippen LogP contribution in [0.2, 0.25) is 0 Å². The summed E-state index contributed by atoms with van der Waals surface area (Å²) in [5.74, 6) is -0.235. The SMILES string of the molecule is CC(C)(CCOCc1ccccc1F)C(N)=S. The van der Waals surface area contributed by atoms with Gasteiger partial charge in [-0.05, 0) is 12.5 Å². The lowest BCUT2D eigenvalue weighted by molar-refractivity contribution is 0.102. The van der Waals surface area contributed by atoms with Gasteiger partial charge in [-0.3, -0.25) is 0 Å². The van der Waals surface area contributed by atoms with Crippen LogP contribution < -0.4 is 5.73 Å². The fourth-order valence-corrected chi connectivity index (χ4v) is 1.35. The molecule has 0 saturated carbocycles. The van der Waals surface area contributed by atoms with Crippen LogP contribution in [0.15, 0.2) is 24.3 Å². The molecule has 0 amide bonds. The molecule has 0 fully saturated rings. The first-order chi connectivity index (χ1) is 7.93. The van der Waals surface area contributed by atoms with Crippen LogP contribution in [0.4, 0.5) is 4.39 Å². The number of halogens is 1. The molecule has 0 unspecified atom stereocenters. The first kappa shape index (κ1) is 14.1. The van der Waals surface area contributed by atoms with Gasteiger partial charge in [0.25, 0.3) is 0 Å². The molecule has 0 radical (unpaired) electrons. The molecule has 0 aliphatic heterocycles. The molecule has 0 spiro atoms. The summed E-state index contributed by atoms with van der Waals surface area (Å²) in [7, 11) is 0. The maximum atomic E-state index is 13.3. The summed E-state index contributed by atoms with van der Waals surface area (Å²) in [5.41, 5.74) is 5.96. The van der Waals surface area contributed by atoms with Crippen molar-refractivity contribution in [2.45, 2.75) is 26.9 Å². The summed E-state index contributed by atoms with van der Waals surface area (Å²) in [6.07, 6.45) is 0.733. The number of hydrogen-bond donors (Lipinski definition) is 1. The molecule has 94 valence electrons. The largest absolute Gasteiger partial charge is 0.393 e. The summed E-state index contributed by atoms with van der Waals surface area (Å²) < 4.78 is 18.7. The fraction of sp³-hybridized carbons (Fsp3) is 0.462. The first-order valence-electron chi connectivity index (χ1n) is 5.54. The minimum absolute atomic E-state index is 0.218. The van der Waals surface area contributed by atoms with Gasteiger partial charge < -0.3 is 10.5 Å². The minimum Gasteiger partial charge on any atom is -0.393 e. The average molecular weight is 255 g/mol. The van der Waals surface area contributed by atoms with Crippen LogP contribution in [-0.2, 0) is 11.3 Å². The summed E-state index contributed by atoms with van der Waals surface area (Å²) in [6.45, 7) is 4.74. The Balaban J connectivity index is 2.35. The highest BCUT2D eigenvalue weighted by atomic mass is 32.1. The number of ether oxygens (including phenoxy) is 1. The monoisotopic (exact) mass is 255 g/mol. The van der Waals surface area contributed by atoms with Crippen molar-refractivity contribution in [3.63, 3.8) is 0 Å². The molecule has 0 aliphatic carbocycles. The predicted octanol–water partition coefficient (Wildman–Crippen LogP) is 3.04. The number of hydrogen-bond acceptors (Lipinski definition) is 2. The standard InChI is InChI=1S/C13H18FNOS/c1-13(2,12(15)17)7-8-16-9-10-5-3-4-6-11(10)14/h3-6H,7-9H2,1-2H3,(H2,15,17). The lowest BCUT2D eigenvalue weighted by atomic mass is 9.90. The number of nitrogens with two attached hydrogens (primary N) is 1. The normalized spacial score (nSPS) is 11.5. The van der Waals surface area contributed by atoms with Gasteiger partial charge in [-0.1, -0.05) is 44.3 Å². The maximum Gasteiger partial charge on any atom is 0.128 e. The quantitative estimate of drug-likeness (QED) is 0.627. The van der Waals surface area contributed by atoms with E-state index in [1.165, 1.54) is 6.07 Å². The molecular weight excluding hydrogens is 237 g/mol. The van der Waals surface area contributed by atoms with E-state index < -0.39 is 0 Å². The highest BCUT2D eigenvalue weighted by Gasteiger charge is 2.20. The van der Waals surface area contributed by atoms with Crippen molar-refractivity contribution in [2.24, 2.45) is 11.1 Å². The zero-order chi connectivity index (χ0) is 12.9. The van der Waals surface area contributed by atoms with Gasteiger partial charge in [-0.25, -0.2) is 4.39 Å². The van der Waals surface area contributed by atoms with Crippen molar-refractivity contribution in [3.8, 4) is 0 Å². The van der Waals surface area contributed by atoms with E-state index in [1.807, 2.05) is 13.8 Å². The predicted molar refractivity (Wildman–Crippen MR) is 71.2 cm³/mol. The van der Waals surface area contributed by atoms with Gasteiger partial charge in [0.1, 0.15) is 5.82 Å². The van der Waals surface area contributed by atoms with Crippen LogP contribution in [0, 0.1) is 11.2 Å². The molecule has 17 heavy (non-hydrogen) atoms. The van der Waals surface area contributed by atoms with Crippen LogP contribution in [0.25, 0.3) is 0 Å². The summed E-state index contributed by atoms with van der Waals surface area (Å²) in [6, 6.07) is 6.60. The molecular formula is C13H18FNOS. The fourth-order valence-electron chi connectivity index (χ4n) is 1.25. The number of thiocarbonyl (C=S) groups is 1. The molecule has 0 saturated heterocycles.